The highest BCUT2D eigenvalue weighted by atomic mass is 35.5. The smallest absolute Gasteiger partial charge is 0.232 e. The highest BCUT2D eigenvalue weighted by Crippen LogP contribution is 2.30. The highest BCUT2D eigenvalue weighted by Gasteiger charge is 2.13. The van der Waals surface area contributed by atoms with Crippen molar-refractivity contribution in [2.75, 3.05) is 21.1 Å². The number of anilines is 5. The van der Waals surface area contributed by atoms with E-state index in [1.54, 1.807) is 24.3 Å². The van der Waals surface area contributed by atoms with Crippen LogP contribution in [0.15, 0.2) is 48.7 Å². The summed E-state index contributed by atoms with van der Waals surface area (Å²) in [4.78, 5) is 8.24. The summed E-state index contributed by atoms with van der Waals surface area (Å²) in [5.41, 5.74) is 1.02. The van der Waals surface area contributed by atoms with Gasteiger partial charge in [0, 0.05) is 0 Å². The van der Waals surface area contributed by atoms with Crippen LogP contribution in [-0.4, -0.2) is 24.1 Å². The minimum atomic E-state index is -3.49. The second-order valence-corrected chi connectivity index (χ2v) is 8.42. The van der Waals surface area contributed by atoms with E-state index in [1.807, 2.05) is 6.07 Å². The third-order valence-electron chi connectivity index (χ3n) is 3.91. The lowest BCUT2D eigenvalue weighted by Gasteiger charge is -2.14. The number of para-hydroxylation sites is 2. The van der Waals surface area contributed by atoms with Crippen LogP contribution in [0.4, 0.5) is 33.2 Å². The zero-order valence-corrected chi connectivity index (χ0v) is 17.2. The van der Waals surface area contributed by atoms with Crippen molar-refractivity contribution in [3.05, 3.63) is 65.1 Å². The largest absolute Gasteiger partial charge is 0.337 e. The number of hydrogen-bond acceptors (Lipinski definition) is 7. The third-order valence-corrected chi connectivity index (χ3v) is 5.48. The van der Waals surface area contributed by atoms with Gasteiger partial charge in [-0.1, -0.05) is 23.7 Å². The molecule has 0 fully saturated rings. The summed E-state index contributed by atoms with van der Waals surface area (Å²) in [6, 6.07) is 12.4. The molecule has 0 radical (unpaired) electrons. The molecule has 0 saturated carbocycles. The fraction of sp³-hybridized carbons (Fsp3) is 0.105. The van der Waals surface area contributed by atoms with Gasteiger partial charge in [-0.2, -0.15) is 10.2 Å². The van der Waals surface area contributed by atoms with E-state index in [0.717, 1.165) is 6.07 Å². The van der Waals surface area contributed by atoms with Gasteiger partial charge in [0.25, 0.3) is 0 Å². The summed E-state index contributed by atoms with van der Waals surface area (Å²) in [7, 11) is -3.49. The molecule has 0 amide bonds. The molecule has 0 bridgehead atoms. The molecule has 3 rings (SSSR count). The van der Waals surface area contributed by atoms with Crippen LogP contribution in [0.3, 0.4) is 0 Å². The van der Waals surface area contributed by atoms with Crippen LogP contribution in [0.2, 0.25) is 5.02 Å². The predicted molar refractivity (Wildman–Crippen MR) is 114 cm³/mol. The first kappa shape index (κ1) is 21.3. The quantitative estimate of drug-likeness (QED) is 0.492. The van der Waals surface area contributed by atoms with Crippen molar-refractivity contribution < 1.29 is 12.8 Å². The number of aromatic nitrogens is 2. The topological polar surface area (TPSA) is 120 Å². The normalized spacial score (nSPS) is 10.9. The Kier molecular flexibility index (Phi) is 6.34. The maximum Gasteiger partial charge on any atom is 0.232 e. The Bertz CT molecular complexity index is 1230. The lowest BCUT2D eigenvalue weighted by atomic mass is 10.2. The van der Waals surface area contributed by atoms with Gasteiger partial charge in [0.15, 0.2) is 5.82 Å². The summed E-state index contributed by atoms with van der Waals surface area (Å²) in [5.74, 6) is -0.463. The van der Waals surface area contributed by atoms with Gasteiger partial charge >= 0.3 is 0 Å². The third kappa shape index (κ3) is 5.14. The first-order valence-electron chi connectivity index (χ1n) is 8.67. The van der Waals surface area contributed by atoms with Crippen molar-refractivity contribution in [3.63, 3.8) is 0 Å². The van der Waals surface area contributed by atoms with E-state index in [0.29, 0.717) is 11.4 Å². The SMILES string of the molecule is CCS(=O)(=O)Nc1ccccc1Nc1nc(Nc2cc(C#N)ccc2F)ncc1Cl. The Morgan fingerprint density at radius 3 is 2.57 bits per heavy atom. The first-order valence-corrected chi connectivity index (χ1v) is 10.7. The molecule has 0 aliphatic rings. The van der Waals surface area contributed by atoms with Gasteiger partial charge in [-0.05, 0) is 37.3 Å². The maximum atomic E-state index is 14.0. The van der Waals surface area contributed by atoms with Crippen molar-refractivity contribution in [1.82, 2.24) is 9.97 Å². The van der Waals surface area contributed by atoms with Crippen molar-refractivity contribution >= 4 is 50.5 Å². The van der Waals surface area contributed by atoms with Crippen LogP contribution < -0.4 is 15.4 Å². The molecule has 2 aromatic carbocycles. The molecule has 3 N–H and O–H groups in total. The van der Waals surface area contributed by atoms with Gasteiger partial charge in [-0.3, -0.25) is 4.72 Å². The summed E-state index contributed by atoms with van der Waals surface area (Å²) >= 11 is 6.17. The van der Waals surface area contributed by atoms with Crippen molar-refractivity contribution in [2.24, 2.45) is 0 Å². The number of nitrogens with one attached hydrogen (secondary N) is 3. The molecule has 11 heteroatoms. The van der Waals surface area contributed by atoms with E-state index < -0.39 is 15.8 Å². The Balaban J connectivity index is 1.90. The molecule has 0 unspecified atom stereocenters. The lowest BCUT2D eigenvalue weighted by molar-refractivity contribution is 0.602. The minimum absolute atomic E-state index is 0.0263. The van der Waals surface area contributed by atoms with E-state index in [-0.39, 0.29) is 33.8 Å². The van der Waals surface area contributed by atoms with Crippen LogP contribution in [-0.2, 0) is 10.0 Å². The summed E-state index contributed by atoms with van der Waals surface area (Å²) in [5, 5.41) is 14.8. The van der Waals surface area contributed by atoms with Crippen LogP contribution in [0.1, 0.15) is 12.5 Å². The molecule has 0 aliphatic carbocycles. The second kappa shape index (κ2) is 8.94. The molecule has 154 valence electrons. The van der Waals surface area contributed by atoms with E-state index >= 15 is 0 Å². The van der Waals surface area contributed by atoms with Gasteiger partial charge in [0.1, 0.15) is 10.8 Å². The first-order chi connectivity index (χ1) is 14.3. The molecule has 30 heavy (non-hydrogen) atoms. The Hall–Kier alpha value is -3.42. The summed E-state index contributed by atoms with van der Waals surface area (Å²) in [6.45, 7) is 1.53. The minimum Gasteiger partial charge on any atom is -0.337 e. The van der Waals surface area contributed by atoms with Gasteiger partial charge in [-0.15, -0.1) is 0 Å². The Morgan fingerprint density at radius 2 is 1.87 bits per heavy atom. The Labute approximate surface area is 177 Å². The molecule has 8 nitrogen and oxygen atoms in total. The molecule has 0 spiro atoms. The fourth-order valence-electron chi connectivity index (χ4n) is 2.37. The van der Waals surface area contributed by atoms with E-state index in [2.05, 4.69) is 25.3 Å². The number of nitriles is 1. The summed E-state index contributed by atoms with van der Waals surface area (Å²) < 4.78 is 40.4. The number of hydrogen-bond donors (Lipinski definition) is 3. The van der Waals surface area contributed by atoms with Gasteiger partial charge < -0.3 is 10.6 Å². The average Bonchev–Trinajstić information content (AvgIpc) is 2.73. The molecular weight excluding hydrogens is 431 g/mol. The molecule has 1 heterocycles. The maximum absolute atomic E-state index is 14.0. The standard InChI is InChI=1S/C19H16ClFN6O2S/c1-2-30(28,29)27-16-6-4-3-5-15(16)24-18-13(20)11-23-19(26-18)25-17-9-12(10-22)7-8-14(17)21/h3-9,11,27H,2H2,1H3,(H2,23,24,25,26). The van der Waals surface area contributed by atoms with Crippen LogP contribution in [0.5, 0.6) is 0 Å². The molecule has 0 saturated heterocycles. The average molecular weight is 447 g/mol. The number of sulfonamides is 1. The van der Waals surface area contributed by atoms with Gasteiger partial charge in [-0.25, -0.2) is 17.8 Å². The van der Waals surface area contributed by atoms with Crippen molar-refractivity contribution in [3.8, 4) is 6.07 Å². The second-order valence-electron chi connectivity index (χ2n) is 6.00. The molecular formula is C19H16ClFN6O2S. The van der Waals surface area contributed by atoms with Gasteiger partial charge in [0.05, 0.1) is 40.6 Å². The number of nitrogens with zero attached hydrogens (tertiary/aromatic N) is 3. The zero-order valence-electron chi connectivity index (χ0n) is 15.6. The van der Waals surface area contributed by atoms with E-state index in [9.17, 15) is 12.8 Å². The lowest BCUT2D eigenvalue weighted by Crippen LogP contribution is -2.15. The molecule has 0 aliphatic heterocycles. The molecule has 3 aromatic rings. The molecule has 1 aromatic heterocycles. The van der Waals surface area contributed by atoms with Crippen molar-refractivity contribution in [2.45, 2.75) is 6.92 Å². The summed E-state index contributed by atoms with van der Waals surface area (Å²) in [6.07, 6.45) is 1.31. The van der Waals surface area contributed by atoms with Crippen LogP contribution >= 0.6 is 11.6 Å². The van der Waals surface area contributed by atoms with Crippen molar-refractivity contribution in [1.29, 1.82) is 5.26 Å². The predicted octanol–water partition coefficient (Wildman–Crippen LogP) is 4.39. The van der Waals surface area contributed by atoms with E-state index in [1.165, 1.54) is 25.3 Å². The zero-order chi connectivity index (χ0) is 21.7. The molecule has 0 atom stereocenters. The highest BCUT2D eigenvalue weighted by molar-refractivity contribution is 7.92. The van der Waals surface area contributed by atoms with Crippen LogP contribution in [0, 0.1) is 17.1 Å². The number of benzene rings is 2. The van der Waals surface area contributed by atoms with E-state index in [4.69, 9.17) is 16.9 Å². The van der Waals surface area contributed by atoms with Gasteiger partial charge in [0.2, 0.25) is 16.0 Å². The Morgan fingerprint density at radius 1 is 1.13 bits per heavy atom. The monoisotopic (exact) mass is 446 g/mol. The number of rotatable bonds is 7. The fourth-order valence-corrected chi connectivity index (χ4v) is 3.17. The van der Waals surface area contributed by atoms with Crippen LogP contribution in [0.25, 0.3) is 0 Å². The number of halogens is 2.